The molecule has 0 aliphatic heterocycles. The molecule has 3 heteroatoms. The third kappa shape index (κ3) is 7.88. The number of aliphatic hydroxyl groups is 1. The van der Waals surface area contributed by atoms with Crippen LogP contribution < -0.4 is 0 Å². The Kier molecular flexibility index (Phi) is 4.60. The largest absolute Gasteiger partial charge is 0.414 e. The molecule has 0 rings (SSSR count). The maximum Gasteiger partial charge on any atom is 0.184 e. The Morgan fingerprint density at radius 3 is 2.30 bits per heavy atom. The van der Waals surface area contributed by atoms with E-state index in [1.807, 2.05) is 6.08 Å². The van der Waals surface area contributed by atoms with Gasteiger partial charge in [0.2, 0.25) is 0 Å². The van der Waals surface area contributed by atoms with Crippen molar-refractivity contribution in [1.82, 2.24) is 0 Å². The monoisotopic (exact) mass is 160 g/mol. The van der Waals surface area contributed by atoms with Crippen LogP contribution in [0.2, 0.25) is 19.6 Å². The molecule has 2 nitrogen and oxygen atoms in total. The molecule has 10 heavy (non-hydrogen) atoms. The second-order valence-electron chi connectivity index (χ2n) is 3.08. The average molecular weight is 160 g/mol. The van der Waals surface area contributed by atoms with Crippen LogP contribution >= 0.6 is 0 Å². The third-order valence-corrected chi connectivity index (χ3v) is 1.92. The van der Waals surface area contributed by atoms with Gasteiger partial charge in [-0.15, -0.1) is 0 Å². The van der Waals surface area contributed by atoms with Crippen LogP contribution in [0, 0.1) is 0 Å². The first-order chi connectivity index (χ1) is 4.56. The van der Waals surface area contributed by atoms with E-state index >= 15 is 0 Å². The van der Waals surface area contributed by atoms with Crippen molar-refractivity contribution < 1.29 is 9.53 Å². The van der Waals surface area contributed by atoms with E-state index in [4.69, 9.17) is 9.53 Å². The van der Waals surface area contributed by atoms with Crippen molar-refractivity contribution in [3.05, 3.63) is 12.2 Å². The van der Waals surface area contributed by atoms with E-state index in [1.54, 1.807) is 6.08 Å². The summed E-state index contributed by atoms with van der Waals surface area (Å²) in [5.74, 6) is 0. The van der Waals surface area contributed by atoms with Gasteiger partial charge in [-0.25, -0.2) is 0 Å². The summed E-state index contributed by atoms with van der Waals surface area (Å²) >= 11 is 0. The highest BCUT2D eigenvalue weighted by atomic mass is 28.4. The molecule has 0 atom stereocenters. The summed E-state index contributed by atoms with van der Waals surface area (Å²) in [5, 5.41) is 8.36. The molecule has 0 amide bonds. The second-order valence-corrected chi connectivity index (χ2v) is 7.59. The number of hydrogen-bond donors (Lipinski definition) is 1. The van der Waals surface area contributed by atoms with Crippen molar-refractivity contribution in [3.63, 3.8) is 0 Å². The molecule has 0 radical (unpaired) electrons. The molecule has 0 heterocycles. The summed E-state index contributed by atoms with van der Waals surface area (Å²) in [6, 6.07) is 0. The van der Waals surface area contributed by atoms with Crippen LogP contribution in [0.15, 0.2) is 12.2 Å². The second kappa shape index (κ2) is 4.66. The molecule has 1 N–H and O–H groups in total. The molecular formula is C7H16O2Si. The number of aliphatic hydroxyl groups excluding tert-OH is 1. The number of hydrogen-bond acceptors (Lipinski definition) is 2. The van der Waals surface area contributed by atoms with Crippen molar-refractivity contribution in [2.75, 3.05) is 13.2 Å². The lowest BCUT2D eigenvalue weighted by Crippen LogP contribution is -2.25. The van der Waals surface area contributed by atoms with Crippen molar-refractivity contribution in [1.29, 1.82) is 0 Å². The van der Waals surface area contributed by atoms with Crippen LogP contribution in [-0.4, -0.2) is 26.6 Å². The van der Waals surface area contributed by atoms with E-state index < -0.39 is 8.32 Å². The summed E-state index contributed by atoms with van der Waals surface area (Å²) in [6.45, 7) is 7.16. The predicted molar refractivity (Wildman–Crippen MR) is 45.5 cm³/mol. The fourth-order valence-corrected chi connectivity index (χ4v) is 1.04. The zero-order chi connectivity index (χ0) is 8.04. The van der Waals surface area contributed by atoms with Crippen molar-refractivity contribution in [2.45, 2.75) is 19.6 Å². The lowest BCUT2D eigenvalue weighted by Gasteiger charge is -2.14. The maximum absolute atomic E-state index is 8.36. The van der Waals surface area contributed by atoms with Crippen molar-refractivity contribution in [3.8, 4) is 0 Å². The molecule has 0 aliphatic carbocycles. The van der Waals surface area contributed by atoms with Gasteiger partial charge in [0.05, 0.1) is 13.2 Å². The van der Waals surface area contributed by atoms with Crippen LogP contribution in [0.4, 0.5) is 0 Å². The van der Waals surface area contributed by atoms with Gasteiger partial charge in [-0.1, -0.05) is 12.2 Å². The highest BCUT2D eigenvalue weighted by Gasteiger charge is 2.11. The molecule has 0 bridgehead atoms. The minimum Gasteiger partial charge on any atom is -0.414 e. The summed E-state index contributed by atoms with van der Waals surface area (Å²) in [5.41, 5.74) is 0. The average Bonchev–Trinajstić information content (AvgIpc) is 1.78. The molecular weight excluding hydrogens is 144 g/mol. The number of rotatable bonds is 4. The van der Waals surface area contributed by atoms with Crippen LogP contribution in [0.25, 0.3) is 0 Å². The highest BCUT2D eigenvalue weighted by Crippen LogP contribution is 2.01. The lowest BCUT2D eigenvalue weighted by atomic mass is 10.5. The molecule has 0 aromatic rings. The molecule has 0 unspecified atom stereocenters. The van der Waals surface area contributed by atoms with Gasteiger partial charge >= 0.3 is 0 Å². The van der Waals surface area contributed by atoms with Gasteiger partial charge in [0, 0.05) is 0 Å². The zero-order valence-electron chi connectivity index (χ0n) is 6.92. The Bertz CT molecular complexity index is 105. The predicted octanol–water partition coefficient (Wildman–Crippen LogP) is 1.39. The minimum atomic E-state index is -1.34. The van der Waals surface area contributed by atoms with Gasteiger partial charge in [0.15, 0.2) is 8.32 Å². The van der Waals surface area contributed by atoms with Gasteiger partial charge in [0.1, 0.15) is 0 Å². The van der Waals surface area contributed by atoms with Crippen molar-refractivity contribution >= 4 is 8.32 Å². The Labute approximate surface area is 63.7 Å². The zero-order valence-corrected chi connectivity index (χ0v) is 7.92. The molecule has 0 aromatic heterocycles. The summed E-state index contributed by atoms with van der Waals surface area (Å²) in [4.78, 5) is 0. The van der Waals surface area contributed by atoms with Gasteiger partial charge < -0.3 is 9.53 Å². The van der Waals surface area contributed by atoms with Crippen LogP contribution in [0.5, 0.6) is 0 Å². The van der Waals surface area contributed by atoms with Crippen molar-refractivity contribution in [2.24, 2.45) is 0 Å². The Morgan fingerprint density at radius 2 is 1.90 bits per heavy atom. The first-order valence-electron chi connectivity index (χ1n) is 3.46. The normalized spacial score (nSPS) is 12.8. The fourth-order valence-electron chi connectivity index (χ4n) is 0.441. The smallest absolute Gasteiger partial charge is 0.184 e. The van der Waals surface area contributed by atoms with E-state index in [0.717, 1.165) is 0 Å². The first kappa shape index (κ1) is 9.88. The molecule has 60 valence electrons. The standard InChI is InChI=1S/C7H16O2Si/c1-10(2,3)9-7-5-4-6-8/h4-5,8H,6-7H2,1-3H3. The minimum absolute atomic E-state index is 0.106. The van der Waals surface area contributed by atoms with E-state index in [1.165, 1.54) is 0 Å². The van der Waals surface area contributed by atoms with Crippen LogP contribution in [0.3, 0.4) is 0 Å². The van der Waals surface area contributed by atoms with Gasteiger partial charge in [0.25, 0.3) is 0 Å². The van der Waals surface area contributed by atoms with Gasteiger partial charge in [-0.05, 0) is 19.6 Å². The van der Waals surface area contributed by atoms with E-state index in [2.05, 4.69) is 19.6 Å². The Hall–Kier alpha value is -0.123. The van der Waals surface area contributed by atoms with Crippen LogP contribution in [-0.2, 0) is 4.43 Å². The van der Waals surface area contributed by atoms with E-state index in [9.17, 15) is 0 Å². The quantitative estimate of drug-likeness (QED) is 0.497. The first-order valence-corrected chi connectivity index (χ1v) is 6.87. The topological polar surface area (TPSA) is 29.5 Å². The Morgan fingerprint density at radius 1 is 1.30 bits per heavy atom. The van der Waals surface area contributed by atoms with E-state index in [0.29, 0.717) is 6.61 Å². The molecule has 0 fully saturated rings. The van der Waals surface area contributed by atoms with Gasteiger partial charge in [-0.2, -0.15) is 0 Å². The maximum atomic E-state index is 8.36. The summed E-state index contributed by atoms with van der Waals surface area (Å²) < 4.78 is 5.47. The van der Waals surface area contributed by atoms with Crippen LogP contribution in [0.1, 0.15) is 0 Å². The summed E-state index contributed by atoms with van der Waals surface area (Å²) in [7, 11) is -1.34. The lowest BCUT2D eigenvalue weighted by molar-refractivity contribution is 0.335. The molecule has 0 aliphatic rings. The van der Waals surface area contributed by atoms with E-state index in [-0.39, 0.29) is 6.61 Å². The fraction of sp³-hybridized carbons (Fsp3) is 0.714. The highest BCUT2D eigenvalue weighted by molar-refractivity contribution is 6.69. The molecule has 0 saturated carbocycles. The third-order valence-electron chi connectivity index (χ3n) is 0.885. The SMILES string of the molecule is C[Si](C)(C)OCC=CCO. The summed E-state index contributed by atoms with van der Waals surface area (Å²) in [6.07, 6.45) is 3.54. The van der Waals surface area contributed by atoms with Gasteiger partial charge in [-0.3, -0.25) is 0 Å². The Balaban J connectivity index is 3.28. The molecule has 0 spiro atoms. The molecule has 0 saturated heterocycles. The molecule has 0 aromatic carbocycles.